The molecule has 9 heteroatoms. The van der Waals surface area contributed by atoms with Crippen molar-refractivity contribution < 1.29 is 23.5 Å². The molecule has 2 aromatic carbocycles. The van der Waals surface area contributed by atoms with Gasteiger partial charge in [0, 0.05) is 16.6 Å². The van der Waals surface area contributed by atoms with Gasteiger partial charge in [0.15, 0.2) is 0 Å². The zero-order valence-electron chi connectivity index (χ0n) is 16.7. The van der Waals surface area contributed by atoms with Crippen LogP contribution in [0.25, 0.3) is 0 Å². The van der Waals surface area contributed by atoms with E-state index in [2.05, 4.69) is 15.6 Å². The van der Waals surface area contributed by atoms with E-state index < -0.39 is 17.7 Å². The third-order valence-corrected chi connectivity index (χ3v) is 5.09. The monoisotopic (exact) mass is 441 g/mol. The number of benzene rings is 2. The van der Waals surface area contributed by atoms with Crippen LogP contribution in [0.5, 0.6) is 0 Å². The minimum atomic E-state index is -0.656. The number of aryl methyl sites for hydroxylation is 1. The van der Waals surface area contributed by atoms with Crippen molar-refractivity contribution in [1.82, 2.24) is 10.3 Å². The molecule has 31 heavy (non-hydrogen) atoms. The maximum absolute atomic E-state index is 13.1. The Hall–Kier alpha value is -3.59. The van der Waals surface area contributed by atoms with Crippen LogP contribution in [0, 0.1) is 12.7 Å². The van der Waals surface area contributed by atoms with Crippen LogP contribution in [0.4, 0.5) is 10.1 Å². The topological polar surface area (TPSA) is 97.4 Å². The summed E-state index contributed by atoms with van der Waals surface area (Å²) in [5.41, 5.74) is 2.33. The Morgan fingerprint density at radius 1 is 1.13 bits per heavy atom. The van der Waals surface area contributed by atoms with Crippen molar-refractivity contribution in [3.8, 4) is 0 Å². The Morgan fingerprint density at radius 2 is 1.94 bits per heavy atom. The van der Waals surface area contributed by atoms with Crippen molar-refractivity contribution in [1.29, 1.82) is 0 Å². The molecule has 2 amide bonds. The second kappa shape index (κ2) is 10.4. The normalized spacial score (nSPS) is 10.4. The number of amides is 2. The first-order chi connectivity index (χ1) is 14.9. The van der Waals surface area contributed by atoms with Gasteiger partial charge >= 0.3 is 5.97 Å². The predicted octanol–water partition coefficient (Wildman–Crippen LogP) is 3.25. The van der Waals surface area contributed by atoms with E-state index in [4.69, 9.17) is 4.74 Å². The van der Waals surface area contributed by atoms with E-state index in [9.17, 15) is 18.8 Å². The lowest BCUT2D eigenvalue weighted by Gasteiger charge is -2.07. The summed E-state index contributed by atoms with van der Waals surface area (Å²) in [6.07, 6.45) is 0.108. The van der Waals surface area contributed by atoms with Crippen LogP contribution >= 0.6 is 11.3 Å². The summed E-state index contributed by atoms with van der Waals surface area (Å²) in [5, 5.41) is 7.51. The van der Waals surface area contributed by atoms with Crippen molar-refractivity contribution in [2.45, 2.75) is 20.0 Å². The van der Waals surface area contributed by atoms with Crippen LogP contribution in [0.1, 0.15) is 26.6 Å². The van der Waals surface area contributed by atoms with Gasteiger partial charge in [-0.05, 0) is 36.8 Å². The number of esters is 1. The molecule has 0 atom stereocenters. The number of carbonyl (C=O) groups excluding carboxylic acids is 3. The smallest absolute Gasteiger partial charge is 0.325 e. The minimum absolute atomic E-state index is 0.0788. The van der Waals surface area contributed by atoms with Gasteiger partial charge in [0.25, 0.3) is 5.91 Å². The van der Waals surface area contributed by atoms with Gasteiger partial charge in [-0.1, -0.05) is 24.3 Å². The highest BCUT2D eigenvalue weighted by molar-refractivity contribution is 7.09. The van der Waals surface area contributed by atoms with Crippen LogP contribution in [0.2, 0.25) is 0 Å². The molecule has 7 nitrogen and oxygen atoms in total. The maximum Gasteiger partial charge on any atom is 0.325 e. The zero-order valence-corrected chi connectivity index (χ0v) is 17.5. The van der Waals surface area contributed by atoms with E-state index in [-0.39, 0.29) is 31.0 Å². The molecule has 0 spiro atoms. The van der Waals surface area contributed by atoms with Crippen molar-refractivity contribution in [3.63, 3.8) is 0 Å². The summed E-state index contributed by atoms with van der Waals surface area (Å²) < 4.78 is 18.2. The second-order valence-electron chi connectivity index (χ2n) is 6.63. The third kappa shape index (κ3) is 6.71. The van der Waals surface area contributed by atoms with Gasteiger partial charge in [0.1, 0.15) is 24.0 Å². The summed E-state index contributed by atoms with van der Waals surface area (Å²) in [6.45, 7) is 1.47. The Labute approximate surface area is 182 Å². The second-order valence-corrected chi connectivity index (χ2v) is 7.57. The molecule has 0 saturated carbocycles. The maximum atomic E-state index is 13.1. The van der Waals surface area contributed by atoms with E-state index in [1.807, 2.05) is 31.2 Å². The molecule has 0 aliphatic carbocycles. The Bertz CT molecular complexity index is 1100. The number of thiazole rings is 1. The van der Waals surface area contributed by atoms with Crippen LogP contribution in [-0.4, -0.2) is 29.3 Å². The molecule has 0 aliphatic rings. The van der Waals surface area contributed by atoms with Crippen LogP contribution in [0.3, 0.4) is 0 Å². The Morgan fingerprint density at radius 3 is 2.71 bits per heavy atom. The van der Waals surface area contributed by atoms with Gasteiger partial charge in [-0.2, -0.15) is 0 Å². The number of anilines is 1. The van der Waals surface area contributed by atoms with Gasteiger partial charge < -0.3 is 15.4 Å². The average Bonchev–Trinajstić information content (AvgIpc) is 3.19. The van der Waals surface area contributed by atoms with Crippen LogP contribution in [-0.2, 0) is 27.4 Å². The van der Waals surface area contributed by atoms with Crippen molar-refractivity contribution in [2.24, 2.45) is 0 Å². The molecule has 1 heterocycles. The van der Waals surface area contributed by atoms with Crippen LogP contribution < -0.4 is 10.6 Å². The quantitative estimate of drug-likeness (QED) is 0.523. The number of rotatable bonds is 8. The lowest BCUT2D eigenvalue weighted by atomic mass is 10.2. The average molecular weight is 441 g/mol. The summed E-state index contributed by atoms with van der Waals surface area (Å²) in [5.74, 6) is -1.96. The van der Waals surface area contributed by atoms with Gasteiger partial charge in [0.2, 0.25) is 5.91 Å². The fraction of sp³-hybridized carbons (Fsp3) is 0.182. The molecule has 0 saturated heterocycles. The molecular formula is C22H20FN3O4S. The molecular weight excluding hydrogens is 421 g/mol. The molecule has 0 fully saturated rings. The first-order valence-corrected chi connectivity index (χ1v) is 10.3. The first kappa shape index (κ1) is 22.1. The van der Waals surface area contributed by atoms with Gasteiger partial charge in [-0.25, -0.2) is 9.37 Å². The molecule has 3 aromatic rings. The summed E-state index contributed by atoms with van der Waals surface area (Å²) in [7, 11) is 0. The first-order valence-electron chi connectivity index (χ1n) is 9.39. The molecule has 0 unspecified atom stereocenters. The largest absolute Gasteiger partial charge is 0.458 e. The van der Waals surface area contributed by atoms with Gasteiger partial charge in [0.05, 0.1) is 12.1 Å². The summed E-state index contributed by atoms with van der Waals surface area (Å²) in [4.78, 5) is 40.2. The van der Waals surface area contributed by atoms with Gasteiger partial charge in [-0.15, -0.1) is 11.3 Å². The van der Waals surface area contributed by atoms with Gasteiger partial charge in [-0.3, -0.25) is 14.4 Å². The summed E-state index contributed by atoms with van der Waals surface area (Å²) >= 11 is 1.29. The number of hydrogen-bond acceptors (Lipinski definition) is 6. The number of hydrogen-bond donors (Lipinski definition) is 2. The molecule has 160 valence electrons. The minimum Gasteiger partial charge on any atom is -0.458 e. The number of ether oxygens (including phenoxy) is 1. The van der Waals surface area contributed by atoms with E-state index >= 15 is 0 Å². The number of para-hydroxylation sites is 1. The van der Waals surface area contributed by atoms with E-state index in [0.717, 1.165) is 17.3 Å². The number of carbonyl (C=O) groups is 3. The molecule has 1 aromatic heterocycles. The lowest BCUT2D eigenvalue weighted by Crippen LogP contribution is -2.30. The fourth-order valence-electron chi connectivity index (χ4n) is 2.63. The number of nitrogens with one attached hydrogen (secondary N) is 2. The fourth-order valence-corrected chi connectivity index (χ4v) is 3.41. The number of nitrogens with zero attached hydrogens (tertiary/aromatic N) is 1. The molecule has 2 N–H and O–H groups in total. The van der Waals surface area contributed by atoms with Crippen molar-refractivity contribution in [3.05, 3.63) is 81.6 Å². The SMILES string of the molecule is Cc1ccccc1NC(=O)Cc1nc(COC(=O)CNC(=O)c2cccc(F)c2)cs1. The Kier molecular flexibility index (Phi) is 7.45. The highest BCUT2D eigenvalue weighted by Crippen LogP contribution is 2.15. The Balaban J connectivity index is 1.42. The van der Waals surface area contributed by atoms with Crippen LogP contribution in [0.15, 0.2) is 53.9 Å². The molecule has 0 radical (unpaired) electrons. The molecule has 0 aliphatic heterocycles. The van der Waals surface area contributed by atoms with Crippen molar-refractivity contribution in [2.75, 3.05) is 11.9 Å². The number of aromatic nitrogens is 1. The molecule has 3 rings (SSSR count). The zero-order chi connectivity index (χ0) is 22.2. The highest BCUT2D eigenvalue weighted by atomic mass is 32.1. The van der Waals surface area contributed by atoms with Crippen molar-refractivity contribution >= 4 is 34.8 Å². The van der Waals surface area contributed by atoms with E-state index in [1.165, 1.54) is 29.5 Å². The standard InChI is InChI=1S/C22H20FN3O4S/c1-14-5-2-3-8-18(14)26-19(27)10-20-25-17(13-31-20)12-30-21(28)11-24-22(29)15-6-4-7-16(23)9-15/h2-9,13H,10-12H2,1H3,(H,24,29)(H,26,27). The lowest BCUT2D eigenvalue weighted by molar-refractivity contribution is -0.143. The molecule has 0 bridgehead atoms. The third-order valence-electron chi connectivity index (χ3n) is 4.19. The van der Waals surface area contributed by atoms with E-state index in [1.54, 1.807) is 5.38 Å². The number of halogens is 1. The van der Waals surface area contributed by atoms with E-state index in [0.29, 0.717) is 10.7 Å². The highest BCUT2D eigenvalue weighted by Gasteiger charge is 2.12. The summed E-state index contributed by atoms with van der Waals surface area (Å²) in [6, 6.07) is 12.6. The predicted molar refractivity (Wildman–Crippen MR) is 114 cm³/mol.